The standard InChI is InChI=1S/C13H9BrN4O2S/c14-7-1-2-10-6(3-7)4-8-11(16)9(5-15)12(17)18-13(8)21(10,19)20/h1-3H,4H2,(H4,16,17,18). The zero-order valence-electron chi connectivity index (χ0n) is 10.6. The molecule has 0 bridgehead atoms. The molecule has 0 spiro atoms. The number of nitrogen functional groups attached to an aromatic ring is 2. The number of nitrogens with zero attached hydrogens (tertiary/aromatic N) is 2. The molecule has 0 saturated carbocycles. The normalized spacial score (nSPS) is 14.9. The number of sulfone groups is 1. The average Bonchev–Trinajstić information content (AvgIpc) is 2.41. The fraction of sp³-hybridized carbons (Fsp3) is 0.0769. The Kier molecular flexibility index (Phi) is 2.93. The predicted molar refractivity (Wildman–Crippen MR) is 80.2 cm³/mol. The molecule has 3 rings (SSSR count). The summed E-state index contributed by atoms with van der Waals surface area (Å²) in [6.07, 6.45) is 0.289. The Hall–Kier alpha value is -2.11. The average molecular weight is 365 g/mol. The van der Waals surface area contributed by atoms with Crippen LogP contribution in [0.5, 0.6) is 0 Å². The molecule has 1 aromatic heterocycles. The van der Waals surface area contributed by atoms with Crippen LogP contribution in [0.4, 0.5) is 11.5 Å². The summed E-state index contributed by atoms with van der Waals surface area (Å²) >= 11 is 3.31. The summed E-state index contributed by atoms with van der Waals surface area (Å²) in [5.41, 5.74) is 12.6. The second-order valence-electron chi connectivity index (χ2n) is 4.61. The van der Waals surface area contributed by atoms with Crippen LogP contribution in [0.3, 0.4) is 0 Å². The van der Waals surface area contributed by atoms with Crippen LogP contribution in [0.15, 0.2) is 32.6 Å². The highest BCUT2D eigenvalue weighted by atomic mass is 79.9. The molecule has 2 aromatic rings. The van der Waals surface area contributed by atoms with Crippen molar-refractivity contribution >= 4 is 37.3 Å². The van der Waals surface area contributed by atoms with Gasteiger partial charge in [0.05, 0.1) is 10.6 Å². The van der Waals surface area contributed by atoms with E-state index in [-0.39, 0.29) is 33.4 Å². The summed E-state index contributed by atoms with van der Waals surface area (Å²) in [6.45, 7) is 0. The third kappa shape index (κ3) is 1.89. The van der Waals surface area contributed by atoms with Crippen LogP contribution in [0.25, 0.3) is 0 Å². The molecule has 6 nitrogen and oxygen atoms in total. The van der Waals surface area contributed by atoms with Crippen LogP contribution in [0, 0.1) is 11.3 Å². The van der Waals surface area contributed by atoms with E-state index >= 15 is 0 Å². The van der Waals surface area contributed by atoms with E-state index in [0.717, 1.165) is 4.47 Å². The maximum atomic E-state index is 12.6. The number of benzene rings is 1. The molecule has 106 valence electrons. The van der Waals surface area contributed by atoms with Gasteiger partial charge >= 0.3 is 0 Å². The first-order chi connectivity index (χ1) is 9.86. The Bertz CT molecular complexity index is 932. The first kappa shape index (κ1) is 13.9. The number of halogens is 1. The number of hydrogen-bond acceptors (Lipinski definition) is 6. The minimum atomic E-state index is -3.79. The number of fused-ring (bicyclic) bond motifs is 2. The summed E-state index contributed by atoms with van der Waals surface area (Å²) in [6, 6.07) is 6.75. The molecule has 1 aliphatic heterocycles. The van der Waals surface area contributed by atoms with E-state index in [1.165, 1.54) is 6.07 Å². The molecular weight excluding hydrogens is 356 g/mol. The maximum absolute atomic E-state index is 12.6. The van der Waals surface area contributed by atoms with Gasteiger partial charge in [-0.15, -0.1) is 0 Å². The molecule has 0 atom stereocenters. The second-order valence-corrected chi connectivity index (χ2v) is 7.36. The fourth-order valence-corrected chi connectivity index (χ4v) is 4.46. The van der Waals surface area contributed by atoms with Gasteiger partial charge in [-0.05, 0) is 23.8 Å². The second kappa shape index (κ2) is 4.44. The lowest BCUT2D eigenvalue weighted by Gasteiger charge is -2.21. The number of aromatic nitrogens is 1. The van der Waals surface area contributed by atoms with Crippen LogP contribution in [-0.2, 0) is 16.3 Å². The van der Waals surface area contributed by atoms with Crippen LogP contribution >= 0.6 is 15.9 Å². The highest BCUT2D eigenvalue weighted by Gasteiger charge is 2.34. The van der Waals surface area contributed by atoms with Crippen molar-refractivity contribution in [2.75, 3.05) is 11.5 Å². The highest BCUT2D eigenvalue weighted by Crippen LogP contribution is 2.39. The molecule has 8 heteroatoms. The highest BCUT2D eigenvalue weighted by molar-refractivity contribution is 9.10. The molecule has 0 aliphatic carbocycles. The Balaban J connectivity index is 2.40. The Labute approximate surface area is 129 Å². The van der Waals surface area contributed by atoms with Gasteiger partial charge in [0.2, 0.25) is 9.84 Å². The van der Waals surface area contributed by atoms with Crippen LogP contribution in [-0.4, -0.2) is 13.4 Å². The third-order valence-corrected chi connectivity index (χ3v) is 5.69. The van der Waals surface area contributed by atoms with Gasteiger partial charge in [0.15, 0.2) is 5.03 Å². The molecule has 2 heterocycles. The van der Waals surface area contributed by atoms with E-state index in [9.17, 15) is 8.42 Å². The number of nitriles is 1. The molecule has 1 aliphatic rings. The number of pyridine rings is 1. The van der Waals surface area contributed by atoms with Crippen molar-refractivity contribution < 1.29 is 8.42 Å². The van der Waals surface area contributed by atoms with E-state index < -0.39 is 9.84 Å². The van der Waals surface area contributed by atoms with Gasteiger partial charge < -0.3 is 11.5 Å². The van der Waals surface area contributed by atoms with Gasteiger partial charge in [0.25, 0.3) is 0 Å². The third-order valence-electron chi connectivity index (χ3n) is 3.38. The summed E-state index contributed by atoms with van der Waals surface area (Å²) in [4.78, 5) is 4.08. The van der Waals surface area contributed by atoms with E-state index in [0.29, 0.717) is 11.1 Å². The van der Waals surface area contributed by atoms with Gasteiger partial charge in [-0.3, -0.25) is 0 Å². The zero-order valence-corrected chi connectivity index (χ0v) is 13.0. The molecule has 0 unspecified atom stereocenters. The lowest BCUT2D eigenvalue weighted by atomic mass is 10.0. The largest absolute Gasteiger partial charge is 0.397 e. The van der Waals surface area contributed by atoms with Crippen molar-refractivity contribution in [1.82, 2.24) is 4.98 Å². The Morgan fingerprint density at radius 1 is 1.33 bits per heavy atom. The van der Waals surface area contributed by atoms with Crippen LogP contribution in [0.2, 0.25) is 0 Å². The van der Waals surface area contributed by atoms with Gasteiger partial charge in [0, 0.05) is 16.5 Å². The molecular formula is C13H9BrN4O2S. The van der Waals surface area contributed by atoms with Crippen molar-refractivity contribution in [3.05, 3.63) is 39.4 Å². The summed E-state index contributed by atoms with van der Waals surface area (Å²) in [7, 11) is -3.79. The van der Waals surface area contributed by atoms with Crippen molar-refractivity contribution in [1.29, 1.82) is 5.26 Å². The quantitative estimate of drug-likeness (QED) is 0.624. The lowest BCUT2D eigenvalue weighted by Crippen LogP contribution is -2.20. The molecule has 0 radical (unpaired) electrons. The van der Waals surface area contributed by atoms with E-state index in [1.807, 2.05) is 6.07 Å². The van der Waals surface area contributed by atoms with E-state index in [2.05, 4.69) is 20.9 Å². The number of nitrogens with two attached hydrogens (primary N) is 2. The maximum Gasteiger partial charge on any atom is 0.224 e. The van der Waals surface area contributed by atoms with E-state index in [4.69, 9.17) is 16.7 Å². The summed E-state index contributed by atoms with van der Waals surface area (Å²) < 4.78 is 26.0. The minimum Gasteiger partial charge on any atom is -0.397 e. The van der Waals surface area contributed by atoms with E-state index in [1.54, 1.807) is 12.1 Å². The molecule has 0 fully saturated rings. The summed E-state index contributed by atoms with van der Waals surface area (Å²) in [5, 5.41) is 8.90. The van der Waals surface area contributed by atoms with Crippen molar-refractivity contribution in [2.45, 2.75) is 16.3 Å². The Morgan fingerprint density at radius 3 is 2.71 bits per heavy atom. The SMILES string of the molecule is N#Cc1c(N)nc2c(c1N)Cc1cc(Br)ccc1S2(=O)=O. The van der Waals surface area contributed by atoms with Crippen molar-refractivity contribution in [2.24, 2.45) is 0 Å². The van der Waals surface area contributed by atoms with Gasteiger partial charge in [0.1, 0.15) is 17.5 Å². The van der Waals surface area contributed by atoms with Crippen LogP contribution in [0.1, 0.15) is 16.7 Å². The zero-order chi connectivity index (χ0) is 15.4. The summed E-state index contributed by atoms with van der Waals surface area (Å²) in [5.74, 6) is -0.169. The van der Waals surface area contributed by atoms with Crippen molar-refractivity contribution in [3.8, 4) is 6.07 Å². The molecule has 0 amide bonds. The number of anilines is 2. The Morgan fingerprint density at radius 2 is 2.05 bits per heavy atom. The number of rotatable bonds is 0. The van der Waals surface area contributed by atoms with Gasteiger partial charge in [-0.1, -0.05) is 15.9 Å². The molecule has 21 heavy (non-hydrogen) atoms. The van der Waals surface area contributed by atoms with Crippen LogP contribution < -0.4 is 11.5 Å². The first-order valence-electron chi connectivity index (χ1n) is 5.87. The number of hydrogen-bond donors (Lipinski definition) is 2. The van der Waals surface area contributed by atoms with Gasteiger partial charge in [-0.25, -0.2) is 13.4 Å². The minimum absolute atomic E-state index is 0.0161. The first-order valence-corrected chi connectivity index (χ1v) is 8.15. The fourth-order valence-electron chi connectivity index (χ4n) is 2.39. The van der Waals surface area contributed by atoms with Crippen molar-refractivity contribution in [3.63, 3.8) is 0 Å². The molecule has 0 saturated heterocycles. The topological polar surface area (TPSA) is 123 Å². The monoisotopic (exact) mass is 364 g/mol. The molecule has 4 N–H and O–H groups in total. The molecule has 1 aromatic carbocycles. The predicted octanol–water partition coefficient (Wildman–Crippen LogP) is 1.62. The lowest BCUT2D eigenvalue weighted by molar-refractivity contribution is 0.587. The smallest absolute Gasteiger partial charge is 0.224 e. The van der Waals surface area contributed by atoms with Gasteiger partial charge in [-0.2, -0.15) is 5.26 Å².